The second kappa shape index (κ2) is 5.40. The van der Waals surface area contributed by atoms with Crippen molar-refractivity contribution >= 4 is 5.91 Å². The molecular formula is C15H15N3O. The zero-order valence-corrected chi connectivity index (χ0v) is 11.0. The highest BCUT2D eigenvalue weighted by Crippen LogP contribution is 2.10. The van der Waals surface area contributed by atoms with Crippen LogP contribution in [0.4, 0.5) is 0 Å². The fraction of sp³-hybridized carbons (Fsp3) is 0.200. The lowest BCUT2D eigenvalue weighted by atomic mass is 10.1. The standard InChI is InChI=1S/C15H15N3O/c1-17-8-4-7-14(17)11-18(2)15(19)13-6-3-5-12(9-13)10-16/h3-9H,11H2,1-2H3. The Labute approximate surface area is 112 Å². The summed E-state index contributed by atoms with van der Waals surface area (Å²) in [6.07, 6.45) is 1.95. The van der Waals surface area contributed by atoms with Gasteiger partial charge in [0.15, 0.2) is 0 Å². The fourth-order valence-electron chi connectivity index (χ4n) is 1.92. The van der Waals surface area contributed by atoms with E-state index in [1.807, 2.05) is 36.0 Å². The normalized spacial score (nSPS) is 9.95. The predicted octanol–water partition coefficient (Wildman–Crippen LogP) is 2.17. The van der Waals surface area contributed by atoms with Gasteiger partial charge in [0.05, 0.1) is 18.2 Å². The van der Waals surface area contributed by atoms with Crippen LogP contribution in [0.3, 0.4) is 0 Å². The van der Waals surface area contributed by atoms with Gasteiger partial charge in [-0.2, -0.15) is 5.26 Å². The minimum absolute atomic E-state index is 0.0849. The van der Waals surface area contributed by atoms with E-state index in [9.17, 15) is 4.79 Å². The van der Waals surface area contributed by atoms with Crippen LogP contribution >= 0.6 is 0 Å². The molecule has 19 heavy (non-hydrogen) atoms. The molecule has 0 radical (unpaired) electrons. The number of carbonyl (C=O) groups is 1. The number of nitriles is 1. The van der Waals surface area contributed by atoms with Gasteiger partial charge in [-0.25, -0.2) is 0 Å². The molecule has 0 atom stereocenters. The molecule has 0 fully saturated rings. The summed E-state index contributed by atoms with van der Waals surface area (Å²) in [5.41, 5.74) is 2.10. The molecule has 0 spiro atoms. The summed E-state index contributed by atoms with van der Waals surface area (Å²) in [5, 5.41) is 8.85. The molecule has 4 nitrogen and oxygen atoms in total. The number of aryl methyl sites for hydroxylation is 1. The van der Waals surface area contributed by atoms with Crippen LogP contribution < -0.4 is 0 Å². The van der Waals surface area contributed by atoms with Gasteiger partial charge < -0.3 is 9.47 Å². The third-order valence-electron chi connectivity index (χ3n) is 3.04. The first-order valence-corrected chi connectivity index (χ1v) is 5.97. The first-order chi connectivity index (χ1) is 9.11. The number of hydrogen-bond donors (Lipinski definition) is 0. The number of carbonyl (C=O) groups excluding carboxylic acids is 1. The van der Waals surface area contributed by atoms with Crippen LogP contribution in [0.15, 0.2) is 42.6 Å². The molecule has 0 saturated heterocycles. The van der Waals surface area contributed by atoms with Crippen molar-refractivity contribution < 1.29 is 4.79 Å². The molecule has 1 aromatic heterocycles. The molecule has 0 unspecified atom stereocenters. The predicted molar refractivity (Wildman–Crippen MR) is 72.4 cm³/mol. The van der Waals surface area contributed by atoms with Gasteiger partial charge in [0.2, 0.25) is 0 Å². The Morgan fingerprint density at radius 1 is 1.37 bits per heavy atom. The van der Waals surface area contributed by atoms with Gasteiger partial charge >= 0.3 is 0 Å². The van der Waals surface area contributed by atoms with Crippen LogP contribution in [-0.2, 0) is 13.6 Å². The Bertz CT molecular complexity index is 637. The van der Waals surface area contributed by atoms with Crippen molar-refractivity contribution in [3.63, 3.8) is 0 Å². The highest BCUT2D eigenvalue weighted by Gasteiger charge is 2.13. The fourth-order valence-corrected chi connectivity index (χ4v) is 1.92. The first kappa shape index (κ1) is 12.9. The van der Waals surface area contributed by atoms with Gasteiger partial charge in [-0.05, 0) is 30.3 Å². The van der Waals surface area contributed by atoms with Crippen molar-refractivity contribution in [3.8, 4) is 6.07 Å². The third-order valence-corrected chi connectivity index (χ3v) is 3.04. The number of hydrogen-bond acceptors (Lipinski definition) is 2. The highest BCUT2D eigenvalue weighted by molar-refractivity contribution is 5.94. The number of rotatable bonds is 3. The Kier molecular flexibility index (Phi) is 3.67. The minimum Gasteiger partial charge on any atom is -0.353 e. The molecule has 0 aliphatic heterocycles. The lowest BCUT2D eigenvalue weighted by molar-refractivity contribution is 0.0782. The van der Waals surface area contributed by atoms with Crippen LogP contribution in [0.1, 0.15) is 21.6 Å². The Balaban J connectivity index is 2.15. The quantitative estimate of drug-likeness (QED) is 0.841. The molecule has 96 valence electrons. The molecule has 1 heterocycles. The van der Waals surface area contributed by atoms with Crippen molar-refractivity contribution in [2.24, 2.45) is 7.05 Å². The topological polar surface area (TPSA) is 49.0 Å². The summed E-state index contributed by atoms with van der Waals surface area (Å²) in [7, 11) is 3.71. The molecule has 4 heteroatoms. The van der Waals surface area contributed by atoms with Crippen LogP contribution in [0.2, 0.25) is 0 Å². The lowest BCUT2D eigenvalue weighted by Gasteiger charge is -2.17. The van der Waals surface area contributed by atoms with E-state index in [2.05, 4.69) is 0 Å². The monoisotopic (exact) mass is 253 g/mol. The average Bonchev–Trinajstić information content (AvgIpc) is 2.83. The molecule has 0 aliphatic carbocycles. The summed E-state index contributed by atoms with van der Waals surface area (Å²) in [5.74, 6) is -0.0849. The minimum atomic E-state index is -0.0849. The molecule has 1 amide bonds. The molecule has 0 N–H and O–H groups in total. The van der Waals surface area contributed by atoms with Gasteiger partial charge in [0.1, 0.15) is 0 Å². The van der Waals surface area contributed by atoms with Crippen LogP contribution in [0.25, 0.3) is 0 Å². The van der Waals surface area contributed by atoms with E-state index >= 15 is 0 Å². The zero-order valence-electron chi connectivity index (χ0n) is 11.0. The van der Waals surface area contributed by atoms with E-state index in [0.717, 1.165) is 5.69 Å². The first-order valence-electron chi connectivity index (χ1n) is 5.97. The second-order valence-corrected chi connectivity index (χ2v) is 4.46. The van der Waals surface area contributed by atoms with E-state index in [1.165, 1.54) is 0 Å². The molecule has 2 aromatic rings. The van der Waals surface area contributed by atoms with E-state index in [0.29, 0.717) is 17.7 Å². The molecule has 1 aromatic carbocycles. The lowest BCUT2D eigenvalue weighted by Crippen LogP contribution is -2.27. The molecule has 0 bridgehead atoms. The Hall–Kier alpha value is -2.54. The third kappa shape index (κ3) is 2.83. The van der Waals surface area contributed by atoms with Gasteiger partial charge in [0.25, 0.3) is 5.91 Å². The van der Waals surface area contributed by atoms with E-state index in [1.54, 1.807) is 36.2 Å². The van der Waals surface area contributed by atoms with Crippen molar-refractivity contribution in [3.05, 3.63) is 59.4 Å². The number of benzene rings is 1. The van der Waals surface area contributed by atoms with Crippen molar-refractivity contribution in [1.29, 1.82) is 5.26 Å². The van der Waals surface area contributed by atoms with E-state index in [4.69, 9.17) is 5.26 Å². The van der Waals surface area contributed by atoms with Gasteiger partial charge in [0, 0.05) is 31.5 Å². The van der Waals surface area contributed by atoms with E-state index in [-0.39, 0.29) is 5.91 Å². The highest BCUT2D eigenvalue weighted by atomic mass is 16.2. The van der Waals surface area contributed by atoms with Crippen LogP contribution in [-0.4, -0.2) is 22.4 Å². The summed E-state index contributed by atoms with van der Waals surface area (Å²) in [4.78, 5) is 13.9. The summed E-state index contributed by atoms with van der Waals surface area (Å²) in [6.45, 7) is 0.541. The van der Waals surface area contributed by atoms with E-state index < -0.39 is 0 Å². The number of amides is 1. The zero-order chi connectivity index (χ0) is 13.8. The largest absolute Gasteiger partial charge is 0.353 e. The molecule has 0 saturated carbocycles. The number of aromatic nitrogens is 1. The Morgan fingerprint density at radius 2 is 2.16 bits per heavy atom. The maximum Gasteiger partial charge on any atom is 0.253 e. The van der Waals surface area contributed by atoms with Crippen molar-refractivity contribution in [2.45, 2.75) is 6.54 Å². The molecule has 0 aliphatic rings. The summed E-state index contributed by atoms with van der Waals surface area (Å²) in [6, 6.07) is 12.7. The van der Waals surface area contributed by atoms with Crippen molar-refractivity contribution in [1.82, 2.24) is 9.47 Å². The summed E-state index contributed by atoms with van der Waals surface area (Å²) < 4.78 is 1.98. The Morgan fingerprint density at radius 3 is 2.79 bits per heavy atom. The smallest absolute Gasteiger partial charge is 0.253 e. The number of nitrogens with zero attached hydrogens (tertiary/aromatic N) is 3. The maximum absolute atomic E-state index is 12.3. The average molecular weight is 253 g/mol. The van der Waals surface area contributed by atoms with Crippen LogP contribution in [0.5, 0.6) is 0 Å². The molecule has 2 rings (SSSR count). The SMILES string of the molecule is CN(Cc1cccn1C)C(=O)c1cccc(C#N)c1. The van der Waals surface area contributed by atoms with Crippen LogP contribution in [0, 0.1) is 11.3 Å². The molecular weight excluding hydrogens is 238 g/mol. The van der Waals surface area contributed by atoms with Crippen molar-refractivity contribution in [2.75, 3.05) is 7.05 Å². The summed E-state index contributed by atoms with van der Waals surface area (Å²) >= 11 is 0. The second-order valence-electron chi connectivity index (χ2n) is 4.46. The van der Waals surface area contributed by atoms with Gasteiger partial charge in [-0.3, -0.25) is 4.79 Å². The maximum atomic E-state index is 12.3. The van der Waals surface area contributed by atoms with Gasteiger partial charge in [-0.15, -0.1) is 0 Å². The van der Waals surface area contributed by atoms with Gasteiger partial charge in [-0.1, -0.05) is 6.07 Å².